The maximum atomic E-state index is 13.3. The maximum absolute atomic E-state index is 13.3. The fourth-order valence-corrected chi connectivity index (χ4v) is 3.95. The monoisotopic (exact) mass is 455 g/mol. The van der Waals surface area contributed by atoms with Crippen LogP contribution in [0.5, 0.6) is 0 Å². The number of hydrogen-bond acceptors (Lipinski definition) is 6. The van der Waals surface area contributed by atoms with Crippen molar-refractivity contribution < 1.29 is 4.39 Å². The van der Waals surface area contributed by atoms with E-state index in [4.69, 9.17) is 4.98 Å². The Balaban J connectivity index is 1.37. The van der Waals surface area contributed by atoms with Crippen molar-refractivity contribution in [2.45, 2.75) is 6.92 Å². The van der Waals surface area contributed by atoms with Crippen molar-refractivity contribution in [1.29, 1.82) is 0 Å². The number of nitrogens with zero attached hydrogens (tertiary/aromatic N) is 5. The van der Waals surface area contributed by atoms with Gasteiger partial charge in [0, 0.05) is 49.7 Å². The third-order valence-electron chi connectivity index (χ3n) is 5.71. The number of halogens is 1. The summed E-state index contributed by atoms with van der Waals surface area (Å²) in [5.74, 6) is 2.66. The van der Waals surface area contributed by atoms with Gasteiger partial charge in [0.2, 0.25) is 0 Å². The molecule has 1 aliphatic rings. The van der Waals surface area contributed by atoms with Crippen LogP contribution in [-0.4, -0.2) is 46.3 Å². The van der Waals surface area contributed by atoms with Gasteiger partial charge in [0.1, 0.15) is 17.5 Å². The molecule has 34 heavy (non-hydrogen) atoms. The van der Waals surface area contributed by atoms with Crippen LogP contribution in [0.15, 0.2) is 66.7 Å². The maximum Gasteiger partial charge on any atom is 0.156 e. The molecule has 0 saturated carbocycles. The number of rotatable bonds is 6. The highest BCUT2D eigenvalue weighted by Gasteiger charge is 2.20. The first kappa shape index (κ1) is 21.6. The third-order valence-corrected chi connectivity index (χ3v) is 5.71. The molecule has 1 fully saturated rings. The molecule has 3 heterocycles. The molecule has 0 bridgehead atoms. The molecule has 5 rings (SSSR count). The van der Waals surface area contributed by atoms with Gasteiger partial charge in [0.25, 0.3) is 0 Å². The van der Waals surface area contributed by atoms with Crippen LogP contribution in [-0.2, 0) is 0 Å². The van der Waals surface area contributed by atoms with Gasteiger partial charge in [-0.05, 0) is 42.8 Å². The molecular formula is C26H26FN7. The minimum Gasteiger partial charge on any atom is -0.368 e. The summed E-state index contributed by atoms with van der Waals surface area (Å²) in [7, 11) is 0. The van der Waals surface area contributed by atoms with Gasteiger partial charge < -0.3 is 15.1 Å². The second-order valence-electron chi connectivity index (χ2n) is 8.23. The molecule has 172 valence electrons. The van der Waals surface area contributed by atoms with Crippen LogP contribution in [0.25, 0.3) is 12.2 Å². The summed E-state index contributed by atoms with van der Waals surface area (Å²) < 4.78 is 13.3. The molecule has 1 saturated heterocycles. The Morgan fingerprint density at radius 2 is 1.59 bits per heavy atom. The molecule has 0 atom stereocenters. The molecule has 2 aromatic heterocycles. The number of nitrogens with one attached hydrogen (secondary N) is 2. The molecule has 4 aromatic rings. The summed E-state index contributed by atoms with van der Waals surface area (Å²) in [6.07, 6.45) is 3.93. The first-order chi connectivity index (χ1) is 16.6. The first-order valence-corrected chi connectivity index (χ1v) is 11.3. The van der Waals surface area contributed by atoms with Crippen LogP contribution in [0.4, 0.5) is 27.5 Å². The summed E-state index contributed by atoms with van der Waals surface area (Å²) in [6, 6.07) is 20.6. The lowest BCUT2D eigenvalue weighted by Gasteiger charge is -2.36. The lowest BCUT2D eigenvalue weighted by Crippen LogP contribution is -2.46. The van der Waals surface area contributed by atoms with Crippen molar-refractivity contribution in [1.82, 2.24) is 20.2 Å². The Kier molecular flexibility index (Phi) is 6.20. The lowest BCUT2D eigenvalue weighted by molar-refractivity contribution is 0.624. The molecular weight excluding hydrogens is 429 g/mol. The zero-order valence-corrected chi connectivity index (χ0v) is 18.9. The van der Waals surface area contributed by atoms with Crippen LogP contribution < -0.4 is 15.1 Å². The number of aromatic amines is 1. The predicted octanol–water partition coefficient (Wildman–Crippen LogP) is 4.89. The zero-order valence-electron chi connectivity index (χ0n) is 18.9. The second-order valence-corrected chi connectivity index (χ2v) is 8.23. The topological polar surface area (TPSA) is 73.0 Å². The first-order valence-electron chi connectivity index (χ1n) is 11.3. The number of anilines is 4. The molecule has 0 radical (unpaired) electrons. The normalized spacial score (nSPS) is 14.1. The van der Waals surface area contributed by atoms with E-state index in [-0.39, 0.29) is 5.82 Å². The molecule has 0 unspecified atom stereocenters. The quantitative estimate of drug-likeness (QED) is 0.431. The van der Waals surface area contributed by atoms with Crippen molar-refractivity contribution in [2.24, 2.45) is 0 Å². The molecule has 2 N–H and O–H groups in total. The van der Waals surface area contributed by atoms with Gasteiger partial charge >= 0.3 is 0 Å². The van der Waals surface area contributed by atoms with E-state index in [1.165, 1.54) is 12.1 Å². The van der Waals surface area contributed by atoms with Gasteiger partial charge in [-0.2, -0.15) is 5.10 Å². The van der Waals surface area contributed by atoms with Crippen molar-refractivity contribution in [3.05, 3.63) is 89.6 Å². The Bertz CT molecular complexity index is 1260. The summed E-state index contributed by atoms with van der Waals surface area (Å²) in [5.41, 5.74) is 3.09. The van der Waals surface area contributed by atoms with E-state index in [1.807, 2.05) is 73.7 Å². The Labute approximate surface area is 198 Å². The number of hydrogen-bond donors (Lipinski definition) is 2. The van der Waals surface area contributed by atoms with E-state index in [0.717, 1.165) is 48.9 Å². The molecule has 0 amide bonds. The van der Waals surface area contributed by atoms with Crippen LogP contribution in [0, 0.1) is 12.7 Å². The van der Waals surface area contributed by atoms with E-state index >= 15 is 0 Å². The van der Waals surface area contributed by atoms with E-state index in [1.54, 1.807) is 0 Å². The smallest absolute Gasteiger partial charge is 0.156 e. The van der Waals surface area contributed by atoms with Crippen molar-refractivity contribution in [3.63, 3.8) is 0 Å². The van der Waals surface area contributed by atoms with Gasteiger partial charge in [-0.25, -0.2) is 14.4 Å². The van der Waals surface area contributed by atoms with Crippen molar-refractivity contribution >= 4 is 35.3 Å². The number of aryl methyl sites for hydroxylation is 1. The summed E-state index contributed by atoms with van der Waals surface area (Å²) in [4.78, 5) is 14.0. The van der Waals surface area contributed by atoms with Gasteiger partial charge in [-0.15, -0.1) is 0 Å². The van der Waals surface area contributed by atoms with E-state index in [9.17, 15) is 4.39 Å². The minimum absolute atomic E-state index is 0.216. The molecule has 8 heteroatoms. The van der Waals surface area contributed by atoms with Crippen molar-refractivity contribution in [2.75, 3.05) is 41.3 Å². The Hall–Kier alpha value is -4.20. The number of benzene rings is 2. The van der Waals surface area contributed by atoms with E-state index in [2.05, 4.69) is 30.3 Å². The van der Waals surface area contributed by atoms with E-state index in [0.29, 0.717) is 17.5 Å². The number of aromatic nitrogens is 4. The van der Waals surface area contributed by atoms with Crippen LogP contribution in [0.2, 0.25) is 0 Å². The van der Waals surface area contributed by atoms with E-state index < -0.39 is 0 Å². The third kappa shape index (κ3) is 5.23. The van der Waals surface area contributed by atoms with Crippen LogP contribution in [0.3, 0.4) is 0 Å². The highest BCUT2D eigenvalue weighted by Crippen LogP contribution is 2.23. The molecule has 0 spiro atoms. The van der Waals surface area contributed by atoms with Gasteiger partial charge in [-0.3, -0.25) is 5.10 Å². The highest BCUT2D eigenvalue weighted by atomic mass is 19.1. The fraction of sp³-hybridized carbons (Fsp3) is 0.192. The van der Waals surface area contributed by atoms with Gasteiger partial charge in [-0.1, -0.05) is 36.4 Å². The fourth-order valence-electron chi connectivity index (χ4n) is 3.95. The predicted molar refractivity (Wildman–Crippen MR) is 135 cm³/mol. The largest absolute Gasteiger partial charge is 0.368 e. The highest BCUT2D eigenvalue weighted by molar-refractivity contribution is 5.69. The number of piperazine rings is 1. The molecule has 1 aliphatic heterocycles. The Morgan fingerprint density at radius 1 is 0.853 bits per heavy atom. The van der Waals surface area contributed by atoms with Crippen molar-refractivity contribution in [3.8, 4) is 0 Å². The van der Waals surface area contributed by atoms with Gasteiger partial charge in [0.05, 0.1) is 0 Å². The minimum atomic E-state index is -0.216. The number of H-pyrrole nitrogens is 1. The summed E-state index contributed by atoms with van der Waals surface area (Å²) in [5, 5.41) is 10.5. The Morgan fingerprint density at radius 3 is 2.29 bits per heavy atom. The standard InChI is InChI=1S/C26H26FN7/c1-19-17-25(32-31-19)29-24-18-26(30-23(28-24)12-7-20-5-3-2-4-6-20)34-15-13-33(14-16-34)22-10-8-21(27)9-11-22/h2-12,17-18H,13-16H2,1H3,(H2,28,29,30,31,32)/b12-7+. The SMILES string of the molecule is Cc1cc(Nc2cc(N3CCN(c4ccc(F)cc4)CC3)nc(/C=C/c3ccccc3)n2)n[nH]1. The average molecular weight is 456 g/mol. The second kappa shape index (κ2) is 9.74. The lowest BCUT2D eigenvalue weighted by atomic mass is 10.2. The summed E-state index contributed by atoms with van der Waals surface area (Å²) in [6.45, 7) is 5.21. The molecule has 2 aromatic carbocycles. The van der Waals surface area contributed by atoms with Crippen LogP contribution in [0.1, 0.15) is 17.1 Å². The molecule has 7 nitrogen and oxygen atoms in total. The average Bonchev–Trinajstić information content (AvgIpc) is 3.28. The molecule has 0 aliphatic carbocycles. The zero-order chi connectivity index (χ0) is 23.3. The van der Waals surface area contributed by atoms with Gasteiger partial charge in [0.15, 0.2) is 11.6 Å². The summed E-state index contributed by atoms with van der Waals surface area (Å²) >= 11 is 0. The van der Waals surface area contributed by atoms with Crippen LogP contribution >= 0.6 is 0 Å².